The summed E-state index contributed by atoms with van der Waals surface area (Å²) in [4.78, 5) is 18.0. The number of rotatable bonds is 2. The first-order valence-electron chi connectivity index (χ1n) is 7.74. The molecule has 0 saturated carbocycles. The van der Waals surface area contributed by atoms with E-state index >= 15 is 0 Å². The lowest BCUT2D eigenvalue weighted by Crippen LogP contribution is -2.31. The van der Waals surface area contributed by atoms with Crippen molar-refractivity contribution >= 4 is 11.5 Å². The first kappa shape index (κ1) is 13.1. The van der Waals surface area contributed by atoms with Gasteiger partial charge in [-0.05, 0) is 24.8 Å². The van der Waals surface area contributed by atoms with Crippen LogP contribution in [-0.2, 0) is 0 Å². The zero-order valence-corrected chi connectivity index (χ0v) is 12.3. The van der Waals surface area contributed by atoms with Gasteiger partial charge in [0, 0.05) is 24.7 Å². The first-order valence-corrected chi connectivity index (χ1v) is 7.74. The van der Waals surface area contributed by atoms with Gasteiger partial charge in [0.05, 0.1) is 6.20 Å². The van der Waals surface area contributed by atoms with Crippen LogP contribution < -0.4 is 10.5 Å². The van der Waals surface area contributed by atoms with Gasteiger partial charge in [0.1, 0.15) is 11.5 Å². The van der Waals surface area contributed by atoms with Crippen LogP contribution >= 0.6 is 0 Å². The maximum atomic E-state index is 12.3. The molecule has 5 heteroatoms. The molecule has 1 N–H and O–H groups in total. The molecule has 112 valence electrons. The van der Waals surface area contributed by atoms with E-state index in [1.807, 2.05) is 30.3 Å². The summed E-state index contributed by atoms with van der Waals surface area (Å²) in [6.07, 6.45) is 5.38. The molecule has 0 amide bonds. The topological polar surface area (TPSA) is 53.4 Å². The van der Waals surface area contributed by atoms with Crippen molar-refractivity contribution in [2.45, 2.75) is 19.3 Å². The molecule has 1 fully saturated rings. The maximum absolute atomic E-state index is 12.3. The molecule has 3 heterocycles. The Morgan fingerprint density at radius 2 is 1.82 bits per heavy atom. The summed E-state index contributed by atoms with van der Waals surface area (Å²) < 4.78 is 1.44. The lowest BCUT2D eigenvalue weighted by Gasteiger charge is -2.28. The monoisotopic (exact) mass is 294 g/mol. The molecular weight excluding hydrogens is 276 g/mol. The van der Waals surface area contributed by atoms with Gasteiger partial charge in [0.2, 0.25) is 0 Å². The summed E-state index contributed by atoms with van der Waals surface area (Å²) in [5, 5.41) is 4.24. The summed E-state index contributed by atoms with van der Waals surface area (Å²) in [6, 6.07) is 11.7. The molecule has 0 radical (unpaired) electrons. The molecule has 2 aromatic heterocycles. The van der Waals surface area contributed by atoms with Crippen molar-refractivity contribution in [3.63, 3.8) is 0 Å². The number of aromatic nitrogens is 3. The molecule has 3 aromatic rings. The number of piperidine rings is 1. The van der Waals surface area contributed by atoms with E-state index < -0.39 is 0 Å². The second kappa shape index (κ2) is 5.33. The van der Waals surface area contributed by atoms with E-state index in [0.29, 0.717) is 0 Å². The van der Waals surface area contributed by atoms with Crippen LogP contribution in [0.5, 0.6) is 0 Å². The highest BCUT2D eigenvalue weighted by molar-refractivity contribution is 5.77. The number of hydrogen-bond donors (Lipinski definition) is 1. The highest BCUT2D eigenvalue weighted by Gasteiger charge is 2.15. The van der Waals surface area contributed by atoms with E-state index in [9.17, 15) is 4.79 Å². The quantitative estimate of drug-likeness (QED) is 0.790. The summed E-state index contributed by atoms with van der Waals surface area (Å²) in [5.74, 6) is 0.898. The molecular formula is C17H18N4O. The number of benzene rings is 1. The van der Waals surface area contributed by atoms with Gasteiger partial charge in [-0.3, -0.25) is 4.79 Å². The van der Waals surface area contributed by atoms with Gasteiger partial charge in [0.25, 0.3) is 5.56 Å². The van der Waals surface area contributed by atoms with Gasteiger partial charge in [-0.15, -0.1) is 0 Å². The fourth-order valence-corrected chi connectivity index (χ4v) is 3.11. The molecule has 5 nitrogen and oxygen atoms in total. The number of fused-ring (bicyclic) bond motifs is 1. The van der Waals surface area contributed by atoms with Crippen molar-refractivity contribution in [2.75, 3.05) is 18.0 Å². The van der Waals surface area contributed by atoms with Crippen LogP contribution in [0, 0.1) is 0 Å². The molecule has 0 atom stereocenters. The van der Waals surface area contributed by atoms with E-state index in [4.69, 9.17) is 0 Å². The Hall–Kier alpha value is -2.56. The van der Waals surface area contributed by atoms with Gasteiger partial charge in [-0.1, -0.05) is 30.3 Å². The molecule has 1 aliphatic heterocycles. The summed E-state index contributed by atoms with van der Waals surface area (Å²) in [5.41, 5.74) is 2.69. The van der Waals surface area contributed by atoms with Crippen LogP contribution in [-0.4, -0.2) is 27.7 Å². The zero-order valence-electron chi connectivity index (χ0n) is 12.3. The molecule has 0 spiro atoms. The zero-order chi connectivity index (χ0) is 14.9. The molecule has 1 aliphatic rings. The molecule has 0 aliphatic carbocycles. The highest BCUT2D eigenvalue weighted by atomic mass is 16.1. The Kier molecular flexibility index (Phi) is 3.18. The van der Waals surface area contributed by atoms with Crippen molar-refractivity contribution in [1.29, 1.82) is 0 Å². The third kappa shape index (κ3) is 2.19. The normalized spacial score (nSPS) is 15.4. The average molecular weight is 294 g/mol. The van der Waals surface area contributed by atoms with E-state index in [-0.39, 0.29) is 5.56 Å². The molecule has 0 bridgehead atoms. The second-order valence-electron chi connectivity index (χ2n) is 5.73. The van der Waals surface area contributed by atoms with Crippen molar-refractivity contribution < 1.29 is 0 Å². The smallest absolute Gasteiger partial charge is 0.276 e. The van der Waals surface area contributed by atoms with Crippen molar-refractivity contribution in [3.8, 4) is 11.1 Å². The van der Waals surface area contributed by atoms with Crippen LogP contribution in [0.1, 0.15) is 19.3 Å². The number of aromatic amines is 1. The lowest BCUT2D eigenvalue weighted by atomic mass is 10.1. The maximum Gasteiger partial charge on any atom is 0.276 e. The Morgan fingerprint density at radius 3 is 2.59 bits per heavy atom. The van der Waals surface area contributed by atoms with Crippen LogP contribution in [0.25, 0.3) is 16.8 Å². The Balaban J connectivity index is 1.86. The number of hydrogen-bond acceptors (Lipinski definition) is 3. The summed E-state index contributed by atoms with van der Waals surface area (Å²) in [7, 11) is 0. The van der Waals surface area contributed by atoms with Gasteiger partial charge in [0.15, 0.2) is 0 Å². The minimum absolute atomic E-state index is 0.0866. The minimum atomic E-state index is -0.0866. The molecule has 4 rings (SSSR count). The lowest BCUT2D eigenvalue weighted by molar-refractivity contribution is 0.573. The predicted octanol–water partition coefficient (Wildman–Crippen LogP) is 2.68. The van der Waals surface area contributed by atoms with E-state index in [2.05, 4.69) is 15.0 Å². The Bertz CT molecular complexity index is 844. The number of nitrogens with zero attached hydrogens (tertiary/aromatic N) is 3. The summed E-state index contributed by atoms with van der Waals surface area (Å²) >= 11 is 0. The minimum Gasteiger partial charge on any atom is -0.358 e. The van der Waals surface area contributed by atoms with E-state index in [0.717, 1.165) is 35.7 Å². The van der Waals surface area contributed by atoms with Crippen LogP contribution in [0.3, 0.4) is 0 Å². The van der Waals surface area contributed by atoms with Gasteiger partial charge in [-0.2, -0.15) is 9.61 Å². The summed E-state index contributed by atoms with van der Waals surface area (Å²) in [6.45, 7) is 2.00. The first-order chi connectivity index (χ1) is 10.8. The molecule has 1 saturated heterocycles. The van der Waals surface area contributed by atoms with Crippen molar-refractivity contribution in [1.82, 2.24) is 14.6 Å². The van der Waals surface area contributed by atoms with Crippen molar-refractivity contribution in [3.05, 3.63) is 52.9 Å². The average Bonchev–Trinajstić information content (AvgIpc) is 3.01. The fraction of sp³-hybridized carbons (Fsp3) is 0.294. The third-order valence-electron chi connectivity index (χ3n) is 4.27. The second-order valence-corrected chi connectivity index (χ2v) is 5.73. The molecule has 0 unspecified atom stereocenters. The van der Waals surface area contributed by atoms with Crippen LogP contribution in [0.4, 0.5) is 5.82 Å². The van der Waals surface area contributed by atoms with Gasteiger partial charge >= 0.3 is 0 Å². The predicted molar refractivity (Wildman–Crippen MR) is 87.3 cm³/mol. The number of H-pyrrole nitrogens is 1. The standard InChI is InChI=1S/C17H18N4O/c22-16-11-15(20-9-5-2-6-10-20)19-17-14(12-18-21(16)17)13-7-3-1-4-8-13/h1,3-4,7-8,11-12,19H,2,5-6,9-10H2. The van der Waals surface area contributed by atoms with Crippen LogP contribution in [0.15, 0.2) is 47.4 Å². The number of anilines is 1. The Labute approximate surface area is 128 Å². The van der Waals surface area contributed by atoms with E-state index in [1.54, 1.807) is 12.3 Å². The molecule has 22 heavy (non-hydrogen) atoms. The van der Waals surface area contributed by atoms with Gasteiger partial charge in [-0.25, -0.2) is 0 Å². The van der Waals surface area contributed by atoms with E-state index in [1.165, 1.54) is 23.8 Å². The van der Waals surface area contributed by atoms with Crippen molar-refractivity contribution in [2.24, 2.45) is 0 Å². The van der Waals surface area contributed by atoms with Gasteiger partial charge < -0.3 is 9.88 Å². The van der Waals surface area contributed by atoms with Crippen LogP contribution in [0.2, 0.25) is 0 Å². The highest BCUT2D eigenvalue weighted by Crippen LogP contribution is 2.24. The number of nitrogens with one attached hydrogen (secondary N) is 1. The largest absolute Gasteiger partial charge is 0.358 e. The third-order valence-corrected chi connectivity index (χ3v) is 4.27. The molecule has 1 aromatic carbocycles. The SMILES string of the molecule is O=c1cc(N2CCCCC2)[nH]c2c(-c3ccccc3)cnn12. The fourth-order valence-electron chi connectivity index (χ4n) is 3.11. The Morgan fingerprint density at radius 1 is 1.05 bits per heavy atom.